The number of primary amides is 3. The number of unbranched alkanes of at least 4 members (excludes halogenated alkanes) is 5. The van der Waals surface area contributed by atoms with Gasteiger partial charge in [-0.05, 0) is 110 Å². The van der Waals surface area contributed by atoms with E-state index in [1.165, 1.54) is 6.92 Å². The molecule has 4 aliphatic rings. The predicted octanol–water partition coefficient (Wildman–Crippen LogP) is -8.53. The summed E-state index contributed by atoms with van der Waals surface area (Å²) in [5, 5.41) is 63.0. The molecule has 0 radical (unpaired) electrons. The highest BCUT2D eigenvalue weighted by Gasteiger charge is 2.45. The normalized spacial score (nSPS) is 17.0. The molecule has 24 amide bonds. The maximum Gasteiger partial charge on any atom is 0.253 e. The lowest BCUT2D eigenvalue weighted by Crippen LogP contribution is -2.57. The van der Waals surface area contributed by atoms with E-state index in [4.69, 9.17) is 36.9 Å². The second-order valence-corrected chi connectivity index (χ2v) is 38.0. The molecule has 1 saturated carbocycles. The average molecular weight is 2110 g/mol. The molecule has 810 valence electrons. The quantitative estimate of drug-likeness (QED) is 0.0153. The van der Waals surface area contributed by atoms with Gasteiger partial charge in [-0.25, -0.2) is 0 Å². The highest BCUT2D eigenvalue weighted by Crippen LogP contribution is 2.33. The molecule has 24 N–H and O–H groups in total. The third-order valence-electron chi connectivity index (χ3n) is 22.8. The van der Waals surface area contributed by atoms with E-state index in [1.54, 1.807) is 6.92 Å². The molecule has 1 aliphatic carbocycles. The number of aliphatic hydroxyl groups excluding tert-OH is 3. The molecule has 3 fully saturated rings. The Morgan fingerprint density at radius 2 is 0.669 bits per heavy atom. The van der Waals surface area contributed by atoms with Gasteiger partial charge in [0.2, 0.25) is 130 Å². The van der Waals surface area contributed by atoms with Crippen LogP contribution in [0.1, 0.15) is 194 Å². The number of ether oxygens (including phenoxy) is 2. The van der Waals surface area contributed by atoms with Crippen molar-refractivity contribution in [2.75, 3.05) is 129 Å². The van der Waals surface area contributed by atoms with Gasteiger partial charge in [0.15, 0.2) is 5.78 Å². The van der Waals surface area contributed by atoms with Gasteiger partial charge in [-0.3, -0.25) is 139 Å². The summed E-state index contributed by atoms with van der Waals surface area (Å²) in [6.07, 6.45) is 1.88. The molecule has 0 aromatic rings. The summed E-state index contributed by atoms with van der Waals surface area (Å²) >= 11 is 2.68. The van der Waals surface area contributed by atoms with Crippen molar-refractivity contribution in [3.63, 3.8) is 0 Å². The van der Waals surface area contributed by atoms with Crippen LogP contribution in [0.5, 0.6) is 0 Å². The number of aliphatic hydroxyl groups is 3. The summed E-state index contributed by atoms with van der Waals surface area (Å²) in [6, 6.07) is -10.3. The molecule has 145 heavy (non-hydrogen) atoms. The SMILES string of the molecule is CCNC(=O)C(CSC1CC(=O)N(CCC(=O)NCCOCCOCCC(=O)NC(CCCCNC(=O)CCO)C(=O)NC(CCCCNC(=O)CCN2C(=O)CC(SCC(NC(C)=O)C(=O)NC(CCCCNC(=O)CCN3C(=O)C=CC3=O)C(=O)NC(CSC3CC(=O)C(CCC(=O)NCCCCC(NC(=O)C(CCCCNC(=O)CCO)NC(=O)CCO)C(N)=O)C3=O)C(N)=O)C2=O)C(N)=O)C1=O)NC(C)=O. The Balaban J connectivity index is 1.26. The van der Waals surface area contributed by atoms with Gasteiger partial charge >= 0.3 is 0 Å². The highest BCUT2D eigenvalue weighted by molar-refractivity contribution is 8.01. The number of amides is 24. The largest absolute Gasteiger partial charge is 0.396 e. The molecule has 0 aromatic carbocycles. The van der Waals surface area contributed by atoms with Crippen LogP contribution in [0.2, 0.25) is 0 Å². The van der Waals surface area contributed by atoms with E-state index in [2.05, 4.69) is 79.8 Å². The standard InChI is InChI=1S/C90H141N21O31S3/c1-4-94-84(134)62(101-53(2)115)51-144-66-48-78(128)111(89(66)139)39-26-71(121)100-36-44-142-46-45-141-43-30-75(125)104-59(18-8-13-35-99-73(123)28-41-113)86(136)106-57(82(92)132)16-6-11-32-97-70(120)25-38-110-79(129)49-67(90(110)140)145-52-63(102-54(3)116)88(138)107-60(19-9-14-33-96-69(119)24-37-109-76(126)22-23-77(109)127)87(137)108-61(83(93)133)50-143-65-47-64(117)55(80(65)130)20-21-68(118)95-31-10-5-15-56(81(91)131)105-85(135)58(103-74(124)29-42-114)17-7-12-34-98-72(122)27-40-112/h22-23,55-63,65-67,112-114H,4-21,24-52H2,1-3H3,(H2,91,131)(H2,92,132)(H2,93,133)(H,94,134)(H,95,118)(H,96,119)(H,97,120)(H,98,122)(H,99,123)(H,100,121)(H,101,115)(H,102,116)(H,103,124)(H,104,125)(H,105,135)(H,106,136)(H,107,138)(H,108,137). The summed E-state index contributed by atoms with van der Waals surface area (Å²) in [4.78, 5) is 338. The molecule has 0 spiro atoms. The Labute approximate surface area is 850 Å². The molecule has 12 unspecified atom stereocenters. The van der Waals surface area contributed by atoms with Crippen molar-refractivity contribution in [2.45, 2.75) is 258 Å². The molecule has 4 rings (SSSR count). The monoisotopic (exact) mass is 2110 g/mol. The van der Waals surface area contributed by atoms with Gasteiger partial charge in [-0.15, -0.1) is 35.3 Å². The lowest BCUT2D eigenvalue weighted by atomic mass is 9.99. The number of nitrogens with zero attached hydrogens (tertiary/aromatic N) is 3. The number of likely N-dealkylation sites (N-methyl/N-ethyl adjacent to an activating group) is 1. The Morgan fingerprint density at radius 1 is 0.345 bits per heavy atom. The van der Waals surface area contributed by atoms with E-state index in [0.29, 0.717) is 32.2 Å². The number of rotatable bonds is 78. The Bertz CT molecular complexity index is 4500. The predicted molar refractivity (Wildman–Crippen MR) is 520 cm³/mol. The van der Waals surface area contributed by atoms with Gasteiger partial charge in [-0.1, -0.05) is 0 Å². The van der Waals surface area contributed by atoms with Crippen molar-refractivity contribution < 1.29 is 149 Å². The number of ketones is 2. The van der Waals surface area contributed by atoms with E-state index < -0.39 is 230 Å². The first-order chi connectivity index (χ1) is 69.1. The number of Topliss-reactive ketones (excluding diaryl/α,β-unsaturated/α-hetero) is 2. The van der Waals surface area contributed by atoms with Crippen LogP contribution in [0.15, 0.2) is 12.2 Å². The Hall–Kier alpha value is -12.2. The van der Waals surface area contributed by atoms with Crippen LogP contribution in [0.4, 0.5) is 0 Å². The third-order valence-corrected chi connectivity index (χ3v) is 26.7. The molecular formula is C90H141N21O31S3. The maximum atomic E-state index is 14.3. The number of thioether (sulfide) groups is 3. The van der Waals surface area contributed by atoms with Crippen molar-refractivity contribution in [1.29, 1.82) is 0 Å². The minimum atomic E-state index is -1.55. The lowest BCUT2D eigenvalue weighted by Gasteiger charge is -2.25. The number of nitrogens with two attached hydrogens (primary N) is 3. The Morgan fingerprint density at radius 3 is 1.07 bits per heavy atom. The first-order valence-electron chi connectivity index (χ1n) is 48.3. The molecule has 52 nitrogen and oxygen atoms in total. The van der Waals surface area contributed by atoms with E-state index in [1.807, 2.05) is 0 Å². The molecular weight excluding hydrogens is 1970 g/mol. The maximum absolute atomic E-state index is 14.3. The van der Waals surface area contributed by atoms with Crippen molar-refractivity contribution in [2.24, 2.45) is 23.1 Å². The molecule has 3 heterocycles. The summed E-state index contributed by atoms with van der Waals surface area (Å²) in [5.74, 6) is -18.7. The molecule has 0 aromatic heterocycles. The molecule has 12 atom stereocenters. The first-order valence-corrected chi connectivity index (χ1v) is 51.5. The topological polar surface area (TPSA) is 791 Å². The fraction of sp³-hybridized carbons (Fsp3) is 0.689. The Kier molecular flexibility index (Phi) is 60.2. The van der Waals surface area contributed by atoms with Gasteiger partial charge in [0, 0.05) is 179 Å². The number of nitrogens with one attached hydrogen (secondary N) is 15. The number of hydrogen-bond donors (Lipinski definition) is 21. The number of carbonyl (C=O) groups excluding carboxylic acids is 26. The minimum Gasteiger partial charge on any atom is -0.396 e. The van der Waals surface area contributed by atoms with Crippen LogP contribution >= 0.6 is 35.3 Å². The fourth-order valence-electron chi connectivity index (χ4n) is 14.9. The van der Waals surface area contributed by atoms with E-state index in [-0.39, 0.29) is 263 Å². The molecule has 55 heteroatoms. The van der Waals surface area contributed by atoms with Crippen molar-refractivity contribution in [3.8, 4) is 0 Å². The second-order valence-electron chi connectivity index (χ2n) is 34.3. The second kappa shape index (κ2) is 69.8. The van der Waals surface area contributed by atoms with Crippen LogP contribution < -0.4 is 97.0 Å². The number of likely N-dealkylation sites (tertiary alicyclic amines) is 2. The third kappa shape index (κ3) is 49.5. The van der Waals surface area contributed by atoms with E-state index >= 15 is 0 Å². The molecule has 0 bridgehead atoms. The van der Waals surface area contributed by atoms with Crippen LogP contribution in [0.3, 0.4) is 0 Å². The average Bonchev–Trinajstić information content (AvgIpc) is 1.69. The van der Waals surface area contributed by atoms with Crippen LogP contribution in [-0.2, 0) is 134 Å². The van der Waals surface area contributed by atoms with Crippen molar-refractivity contribution in [1.82, 2.24) is 94.5 Å². The first kappa shape index (κ1) is 125. The number of carbonyl (C=O) groups is 26. The van der Waals surface area contributed by atoms with Crippen molar-refractivity contribution in [3.05, 3.63) is 12.2 Å². The fourth-order valence-corrected chi connectivity index (χ4v) is 18.6. The molecule has 2 saturated heterocycles. The highest BCUT2D eigenvalue weighted by atomic mass is 32.2. The smallest absolute Gasteiger partial charge is 0.253 e. The van der Waals surface area contributed by atoms with Gasteiger partial charge < -0.3 is 122 Å². The summed E-state index contributed by atoms with van der Waals surface area (Å²) in [6.45, 7) is 3.00. The van der Waals surface area contributed by atoms with Crippen LogP contribution in [-0.4, -0.2) is 376 Å². The zero-order valence-corrected chi connectivity index (χ0v) is 84.3. The van der Waals surface area contributed by atoms with Gasteiger partial charge in [-0.2, -0.15) is 0 Å². The van der Waals surface area contributed by atoms with E-state index in [0.717, 1.165) is 69.1 Å². The van der Waals surface area contributed by atoms with E-state index in [9.17, 15) is 130 Å². The number of hydrogen-bond acceptors (Lipinski definition) is 34. The summed E-state index contributed by atoms with van der Waals surface area (Å²) in [7, 11) is 0. The zero-order valence-electron chi connectivity index (χ0n) is 81.9. The van der Waals surface area contributed by atoms with Gasteiger partial charge in [0.05, 0.1) is 67.9 Å². The van der Waals surface area contributed by atoms with Gasteiger partial charge in [0.1, 0.15) is 54.1 Å². The van der Waals surface area contributed by atoms with Crippen LogP contribution in [0, 0.1) is 5.92 Å². The minimum absolute atomic E-state index is 0.000890. The molecule has 3 aliphatic heterocycles. The van der Waals surface area contributed by atoms with Gasteiger partial charge in [0.25, 0.3) is 11.8 Å². The zero-order chi connectivity index (χ0) is 107. The van der Waals surface area contributed by atoms with Crippen LogP contribution in [0.25, 0.3) is 0 Å². The summed E-state index contributed by atoms with van der Waals surface area (Å²) in [5.41, 5.74) is 17.1. The number of imide groups is 3. The summed E-state index contributed by atoms with van der Waals surface area (Å²) < 4.78 is 11.0. The van der Waals surface area contributed by atoms with Crippen molar-refractivity contribution >= 4 is 189 Å². The lowest BCUT2D eigenvalue weighted by molar-refractivity contribution is -0.140.